The zero-order chi connectivity index (χ0) is 13.2. The Hall–Kier alpha value is -0.660. The summed E-state index contributed by atoms with van der Waals surface area (Å²) in [7, 11) is -3.99. The van der Waals surface area contributed by atoms with Gasteiger partial charge in [0.1, 0.15) is 0 Å². The van der Waals surface area contributed by atoms with Crippen molar-refractivity contribution in [2.24, 2.45) is 5.92 Å². The second-order valence-corrected chi connectivity index (χ2v) is 6.77. The highest BCUT2D eigenvalue weighted by Gasteiger charge is 2.38. The van der Waals surface area contributed by atoms with Gasteiger partial charge in [-0.05, 0) is 32.2 Å². The van der Waals surface area contributed by atoms with Crippen molar-refractivity contribution in [3.05, 3.63) is 0 Å². The average molecular weight is 276 g/mol. The third-order valence-corrected chi connectivity index (χ3v) is 5.08. The first kappa shape index (κ1) is 13.8. The van der Waals surface area contributed by atoms with Crippen LogP contribution < -0.4 is 5.32 Å². The highest BCUT2D eigenvalue weighted by atomic mass is 32.2. The van der Waals surface area contributed by atoms with E-state index in [-0.39, 0.29) is 18.2 Å². The molecular weight excluding hydrogens is 256 g/mol. The predicted molar refractivity (Wildman–Crippen MR) is 66.7 cm³/mol. The molecule has 2 atom stereocenters. The predicted octanol–water partition coefficient (Wildman–Crippen LogP) is -0.135. The molecule has 0 radical (unpaired) electrons. The summed E-state index contributed by atoms with van der Waals surface area (Å²) < 4.78 is 31.1. The molecule has 104 valence electrons. The molecule has 0 aromatic carbocycles. The van der Waals surface area contributed by atoms with Crippen LogP contribution in [0.4, 0.5) is 0 Å². The molecule has 0 spiro atoms. The van der Waals surface area contributed by atoms with Crippen LogP contribution in [0.25, 0.3) is 0 Å². The Morgan fingerprint density at radius 2 is 2.00 bits per heavy atom. The molecule has 2 rings (SSSR count). The van der Waals surface area contributed by atoms with Crippen LogP contribution in [-0.4, -0.2) is 55.2 Å². The fourth-order valence-corrected chi connectivity index (χ4v) is 3.67. The molecule has 2 N–H and O–H groups in total. The third kappa shape index (κ3) is 3.21. The first-order chi connectivity index (χ1) is 8.48. The minimum Gasteiger partial charge on any atom is -0.341 e. The van der Waals surface area contributed by atoms with Crippen LogP contribution in [0.1, 0.15) is 25.7 Å². The van der Waals surface area contributed by atoms with E-state index in [2.05, 4.69) is 5.32 Å². The Morgan fingerprint density at radius 1 is 1.22 bits per heavy atom. The number of hydrogen-bond donors (Lipinski definition) is 2. The van der Waals surface area contributed by atoms with Crippen LogP contribution >= 0.6 is 0 Å². The normalized spacial score (nSPS) is 30.2. The van der Waals surface area contributed by atoms with Crippen molar-refractivity contribution in [2.45, 2.75) is 30.9 Å². The number of rotatable bonds is 2. The highest BCUT2D eigenvalue weighted by Crippen LogP contribution is 2.31. The highest BCUT2D eigenvalue weighted by molar-refractivity contribution is 7.86. The van der Waals surface area contributed by atoms with Crippen LogP contribution in [0, 0.1) is 5.92 Å². The van der Waals surface area contributed by atoms with Gasteiger partial charge in [-0.15, -0.1) is 0 Å². The fraction of sp³-hybridized carbons (Fsp3) is 0.909. The topological polar surface area (TPSA) is 86.7 Å². The largest absolute Gasteiger partial charge is 0.341 e. The minimum absolute atomic E-state index is 0.0462. The van der Waals surface area contributed by atoms with Crippen molar-refractivity contribution in [1.29, 1.82) is 0 Å². The molecule has 2 aliphatic rings. The van der Waals surface area contributed by atoms with Gasteiger partial charge in [-0.3, -0.25) is 9.35 Å². The second kappa shape index (κ2) is 5.54. The summed E-state index contributed by atoms with van der Waals surface area (Å²) in [5.41, 5.74) is 0. The zero-order valence-electron chi connectivity index (χ0n) is 10.3. The molecule has 18 heavy (non-hydrogen) atoms. The summed E-state index contributed by atoms with van der Waals surface area (Å²) in [4.78, 5) is 14.1. The summed E-state index contributed by atoms with van der Waals surface area (Å²) in [6.07, 6.45) is 2.15. The molecule has 1 aliphatic carbocycles. The van der Waals surface area contributed by atoms with Crippen molar-refractivity contribution in [1.82, 2.24) is 10.2 Å². The van der Waals surface area contributed by atoms with E-state index in [0.717, 1.165) is 26.1 Å². The van der Waals surface area contributed by atoms with E-state index in [4.69, 9.17) is 4.55 Å². The lowest BCUT2D eigenvalue weighted by Gasteiger charge is -2.23. The first-order valence-corrected chi connectivity index (χ1v) is 7.94. The van der Waals surface area contributed by atoms with E-state index in [1.54, 1.807) is 0 Å². The Balaban J connectivity index is 1.94. The quantitative estimate of drug-likeness (QED) is 0.686. The lowest BCUT2D eigenvalue weighted by Crippen LogP contribution is -2.38. The second-order valence-electron chi connectivity index (χ2n) is 5.08. The van der Waals surface area contributed by atoms with Crippen molar-refractivity contribution in [2.75, 3.05) is 26.2 Å². The first-order valence-electron chi connectivity index (χ1n) is 6.44. The monoisotopic (exact) mass is 276 g/mol. The average Bonchev–Trinajstić information content (AvgIpc) is 2.65. The number of nitrogens with zero attached hydrogens (tertiary/aromatic N) is 1. The molecule has 2 unspecified atom stereocenters. The number of carbonyl (C=O) groups is 1. The van der Waals surface area contributed by atoms with Gasteiger partial charge >= 0.3 is 0 Å². The number of nitrogens with one attached hydrogen (secondary N) is 1. The minimum atomic E-state index is -3.99. The van der Waals surface area contributed by atoms with Gasteiger partial charge in [0.25, 0.3) is 10.1 Å². The van der Waals surface area contributed by atoms with Crippen molar-refractivity contribution in [3.8, 4) is 0 Å². The van der Waals surface area contributed by atoms with E-state index in [0.29, 0.717) is 19.4 Å². The molecule has 1 saturated carbocycles. The summed E-state index contributed by atoms with van der Waals surface area (Å²) in [5.74, 6) is -0.195. The maximum atomic E-state index is 12.2. The SMILES string of the molecule is O=C(C1CCC(S(=O)(=O)O)C1)N1CCCNCC1. The standard InChI is InChI=1S/C11H20N2O4S/c14-11(13-6-1-4-12-5-7-13)9-2-3-10(8-9)18(15,16)17/h9-10,12H,1-8H2,(H,15,16,17). The van der Waals surface area contributed by atoms with E-state index in [1.807, 2.05) is 4.90 Å². The van der Waals surface area contributed by atoms with Gasteiger partial charge in [-0.25, -0.2) is 0 Å². The van der Waals surface area contributed by atoms with Gasteiger partial charge in [0.2, 0.25) is 5.91 Å². The van der Waals surface area contributed by atoms with Crippen LogP contribution in [0.2, 0.25) is 0 Å². The Morgan fingerprint density at radius 3 is 2.67 bits per heavy atom. The summed E-state index contributed by atoms with van der Waals surface area (Å²) >= 11 is 0. The Kier molecular flexibility index (Phi) is 4.24. The van der Waals surface area contributed by atoms with Crippen molar-refractivity contribution in [3.63, 3.8) is 0 Å². The van der Waals surface area contributed by atoms with Crippen molar-refractivity contribution >= 4 is 16.0 Å². The van der Waals surface area contributed by atoms with Crippen molar-refractivity contribution < 1.29 is 17.8 Å². The maximum absolute atomic E-state index is 12.2. The number of amides is 1. The van der Waals surface area contributed by atoms with E-state index < -0.39 is 15.4 Å². The maximum Gasteiger partial charge on any atom is 0.267 e. The fourth-order valence-electron chi connectivity index (χ4n) is 2.76. The number of carbonyl (C=O) groups excluding carboxylic acids is 1. The van der Waals surface area contributed by atoms with Gasteiger partial charge in [0.05, 0.1) is 5.25 Å². The molecule has 0 bridgehead atoms. The molecule has 1 amide bonds. The molecule has 6 nitrogen and oxygen atoms in total. The van der Waals surface area contributed by atoms with Gasteiger partial charge in [0, 0.05) is 25.6 Å². The molecule has 1 saturated heterocycles. The van der Waals surface area contributed by atoms with E-state index in [9.17, 15) is 13.2 Å². The van der Waals surface area contributed by atoms with Gasteiger partial charge < -0.3 is 10.2 Å². The molecule has 0 aromatic heterocycles. The van der Waals surface area contributed by atoms with E-state index >= 15 is 0 Å². The Bertz CT molecular complexity index is 401. The third-order valence-electron chi connectivity index (χ3n) is 3.81. The summed E-state index contributed by atoms with van der Waals surface area (Å²) in [5, 5.41) is 2.47. The number of hydrogen-bond acceptors (Lipinski definition) is 4. The van der Waals surface area contributed by atoms with Crippen LogP contribution in [-0.2, 0) is 14.9 Å². The van der Waals surface area contributed by atoms with Crippen LogP contribution in [0.5, 0.6) is 0 Å². The molecule has 1 heterocycles. The van der Waals surface area contributed by atoms with Gasteiger partial charge in [-0.2, -0.15) is 8.42 Å². The molecule has 2 fully saturated rings. The molecule has 1 aliphatic heterocycles. The Labute approximate surface area is 107 Å². The molecule has 0 aromatic rings. The van der Waals surface area contributed by atoms with Gasteiger partial charge in [0.15, 0.2) is 0 Å². The zero-order valence-corrected chi connectivity index (χ0v) is 11.2. The molecule has 7 heteroatoms. The van der Waals surface area contributed by atoms with E-state index in [1.165, 1.54) is 0 Å². The lowest BCUT2D eigenvalue weighted by molar-refractivity contribution is -0.135. The molecular formula is C11H20N2O4S. The smallest absolute Gasteiger partial charge is 0.267 e. The van der Waals surface area contributed by atoms with Crippen LogP contribution in [0.15, 0.2) is 0 Å². The lowest BCUT2D eigenvalue weighted by atomic mass is 10.1. The van der Waals surface area contributed by atoms with Gasteiger partial charge in [-0.1, -0.05) is 0 Å². The van der Waals surface area contributed by atoms with Crippen LogP contribution in [0.3, 0.4) is 0 Å². The summed E-state index contributed by atoms with van der Waals surface area (Å²) in [6, 6.07) is 0. The summed E-state index contributed by atoms with van der Waals surface area (Å²) in [6.45, 7) is 3.13.